The first-order valence-electron chi connectivity index (χ1n) is 6.28. The fourth-order valence-electron chi connectivity index (χ4n) is 2.02. The van der Waals surface area contributed by atoms with Gasteiger partial charge in [-0.1, -0.05) is 0 Å². The summed E-state index contributed by atoms with van der Waals surface area (Å²) in [7, 11) is 0. The zero-order valence-electron chi connectivity index (χ0n) is 10.4. The fraction of sp³-hybridized carbons (Fsp3) is 0.538. The standard InChI is InChI=1S/C13H19N3O2/c14-13-3-6-16-8-10(13)7-11(17)9-18-12-1-4-15-5-2-12/h3,6,8,12,15H,1-2,4-5,7,9H2,(H2,14,16). The quantitative estimate of drug-likeness (QED) is 0.796. The Bertz CT molecular complexity index is 403. The molecule has 0 aliphatic carbocycles. The number of rotatable bonds is 5. The van der Waals surface area contributed by atoms with Crippen LogP contribution in [0.15, 0.2) is 18.5 Å². The van der Waals surface area contributed by atoms with Crippen LogP contribution in [0.3, 0.4) is 0 Å². The Kier molecular flexibility index (Phi) is 4.66. The molecule has 0 aromatic carbocycles. The minimum Gasteiger partial charge on any atom is -0.398 e. The summed E-state index contributed by atoms with van der Waals surface area (Å²) in [5, 5.41) is 3.26. The molecule has 98 valence electrons. The molecule has 0 amide bonds. The van der Waals surface area contributed by atoms with Crippen LogP contribution in [-0.2, 0) is 16.0 Å². The van der Waals surface area contributed by atoms with E-state index in [2.05, 4.69) is 10.3 Å². The maximum absolute atomic E-state index is 11.8. The zero-order chi connectivity index (χ0) is 12.8. The molecule has 1 saturated heterocycles. The summed E-state index contributed by atoms with van der Waals surface area (Å²) in [5.74, 6) is 0.0493. The zero-order valence-corrected chi connectivity index (χ0v) is 10.4. The van der Waals surface area contributed by atoms with Gasteiger partial charge in [0.15, 0.2) is 5.78 Å². The van der Waals surface area contributed by atoms with E-state index in [1.54, 1.807) is 18.5 Å². The molecule has 1 aromatic heterocycles. The van der Waals surface area contributed by atoms with Crippen LogP contribution in [0, 0.1) is 0 Å². The van der Waals surface area contributed by atoms with Gasteiger partial charge in [-0.3, -0.25) is 9.78 Å². The van der Waals surface area contributed by atoms with E-state index in [9.17, 15) is 4.79 Å². The topological polar surface area (TPSA) is 77.2 Å². The lowest BCUT2D eigenvalue weighted by Crippen LogP contribution is -2.33. The average Bonchev–Trinajstić information content (AvgIpc) is 2.40. The van der Waals surface area contributed by atoms with Gasteiger partial charge in [0.1, 0.15) is 6.61 Å². The highest BCUT2D eigenvalue weighted by atomic mass is 16.5. The predicted molar refractivity (Wildman–Crippen MR) is 69.2 cm³/mol. The first-order valence-corrected chi connectivity index (χ1v) is 6.28. The lowest BCUT2D eigenvalue weighted by molar-refractivity contribution is -0.125. The van der Waals surface area contributed by atoms with Gasteiger partial charge in [-0.05, 0) is 32.0 Å². The molecule has 0 radical (unpaired) electrons. The van der Waals surface area contributed by atoms with Crippen molar-refractivity contribution in [3.8, 4) is 0 Å². The largest absolute Gasteiger partial charge is 0.398 e. The van der Waals surface area contributed by atoms with Crippen molar-refractivity contribution in [3.63, 3.8) is 0 Å². The molecule has 0 unspecified atom stereocenters. The van der Waals surface area contributed by atoms with Gasteiger partial charge in [0.25, 0.3) is 0 Å². The second-order valence-corrected chi connectivity index (χ2v) is 4.55. The van der Waals surface area contributed by atoms with E-state index in [1.807, 2.05) is 0 Å². The summed E-state index contributed by atoms with van der Waals surface area (Å²) in [6.45, 7) is 2.10. The molecule has 1 fully saturated rings. The van der Waals surface area contributed by atoms with Crippen LogP contribution in [0.4, 0.5) is 5.69 Å². The number of nitrogens with zero attached hydrogens (tertiary/aromatic N) is 1. The number of nitrogens with two attached hydrogens (primary N) is 1. The molecule has 0 bridgehead atoms. The molecule has 1 aliphatic heterocycles. The second kappa shape index (κ2) is 6.47. The first-order chi connectivity index (χ1) is 8.75. The van der Waals surface area contributed by atoms with Gasteiger partial charge in [0, 0.05) is 30.1 Å². The molecule has 0 atom stereocenters. The third-order valence-corrected chi connectivity index (χ3v) is 3.10. The maximum atomic E-state index is 11.8. The second-order valence-electron chi connectivity index (χ2n) is 4.55. The molecule has 2 heterocycles. The summed E-state index contributed by atoms with van der Waals surface area (Å²) in [6, 6.07) is 1.70. The van der Waals surface area contributed by atoms with Gasteiger partial charge in [-0.25, -0.2) is 0 Å². The van der Waals surface area contributed by atoms with E-state index >= 15 is 0 Å². The van der Waals surface area contributed by atoms with Crippen molar-refractivity contribution < 1.29 is 9.53 Å². The van der Waals surface area contributed by atoms with E-state index in [1.165, 1.54) is 0 Å². The number of anilines is 1. The Morgan fingerprint density at radius 3 is 3.00 bits per heavy atom. The third-order valence-electron chi connectivity index (χ3n) is 3.10. The molecule has 5 heteroatoms. The highest BCUT2D eigenvalue weighted by molar-refractivity contribution is 5.83. The normalized spacial score (nSPS) is 16.7. The van der Waals surface area contributed by atoms with Crippen LogP contribution in [-0.4, -0.2) is 36.6 Å². The Balaban J connectivity index is 1.76. The van der Waals surface area contributed by atoms with Gasteiger partial charge in [0.05, 0.1) is 6.10 Å². The van der Waals surface area contributed by atoms with Crippen molar-refractivity contribution in [3.05, 3.63) is 24.0 Å². The van der Waals surface area contributed by atoms with Crippen LogP contribution in [0.1, 0.15) is 18.4 Å². The molecule has 1 aromatic rings. The number of ketones is 1. The van der Waals surface area contributed by atoms with E-state index in [0.29, 0.717) is 12.1 Å². The summed E-state index contributed by atoms with van der Waals surface area (Å²) in [5.41, 5.74) is 7.15. The lowest BCUT2D eigenvalue weighted by Gasteiger charge is -2.22. The van der Waals surface area contributed by atoms with Crippen molar-refractivity contribution in [1.82, 2.24) is 10.3 Å². The average molecular weight is 249 g/mol. The van der Waals surface area contributed by atoms with E-state index in [0.717, 1.165) is 31.5 Å². The molecule has 0 spiro atoms. The van der Waals surface area contributed by atoms with Crippen LogP contribution in [0.2, 0.25) is 0 Å². The number of hydrogen-bond acceptors (Lipinski definition) is 5. The molecule has 5 nitrogen and oxygen atoms in total. The molecule has 1 aliphatic rings. The number of nitrogens with one attached hydrogen (secondary N) is 1. The maximum Gasteiger partial charge on any atom is 0.162 e. The van der Waals surface area contributed by atoms with Gasteiger partial charge >= 0.3 is 0 Å². The predicted octanol–water partition coefficient (Wildman–Crippen LogP) is 0.544. The van der Waals surface area contributed by atoms with Crippen molar-refractivity contribution >= 4 is 11.5 Å². The van der Waals surface area contributed by atoms with Crippen molar-refractivity contribution in [1.29, 1.82) is 0 Å². The van der Waals surface area contributed by atoms with Gasteiger partial charge in [-0.15, -0.1) is 0 Å². The molecule has 3 N–H and O–H groups in total. The number of aromatic nitrogens is 1. The number of ether oxygens (including phenoxy) is 1. The smallest absolute Gasteiger partial charge is 0.162 e. The number of carbonyl (C=O) groups excluding carboxylic acids is 1. The van der Waals surface area contributed by atoms with Crippen LogP contribution in [0.5, 0.6) is 0 Å². The van der Waals surface area contributed by atoms with E-state index in [-0.39, 0.29) is 18.5 Å². The van der Waals surface area contributed by atoms with Crippen LogP contribution in [0.25, 0.3) is 0 Å². The molecular formula is C13H19N3O2. The Hall–Kier alpha value is -1.46. The Morgan fingerprint density at radius 1 is 1.50 bits per heavy atom. The van der Waals surface area contributed by atoms with E-state index < -0.39 is 0 Å². The minimum atomic E-state index is 0.0493. The van der Waals surface area contributed by atoms with Crippen LogP contribution >= 0.6 is 0 Å². The number of hydrogen-bond donors (Lipinski definition) is 2. The summed E-state index contributed by atoms with van der Waals surface area (Å²) < 4.78 is 5.61. The minimum absolute atomic E-state index is 0.0493. The Morgan fingerprint density at radius 2 is 2.28 bits per heavy atom. The summed E-state index contributed by atoms with van der Waals surface area (Å²) in [6.07, 6.45) is 5.71. The van der Waals surface area contributed by atoms with Crippen molar-refractivity contribution in [2.24, 2.45) is 0 Å². The summed E-state index contributed by atoms with van der Waals surface area (Å²) >= 11 is 0. The molecular weight excluding hydrogens is 230 g/mol. The number of pyridine rings is 1. The van der Waals surface area contributed by atoms with Gasteiger partial charge in [0.2, 0.25) is 0 Å². The SMILES string of the molecule is Nc1ccncc1CC(=O)COC1CCNCC1. The Labute approximate surface area is 107 Å². The molecule has 18 heavy (non-hydrogen) atoms. The first kappa shape index (κ1) is 13.0. The summed E-state index contributed by atoms with van der Waals surface area (Å²) in [4.78, 5) is 15.8. The third kappa shape index (κ3) is 3.78. The highest BCUT2D eigenvalue weighted by Gasteiger charge is 2.15. The number of nitrogen functional groups attached to an aromatic ring is 1. The van der Waals surface area contributed by atoms with Gasteiger partial charge < -0.3 is 15.8 Å². The number of Topliss-reactive ketones (excluding diaryl/α,β-unsaturated/α-hetero) is 1. The number of piperidine rings is 1. The highest BCUT2D eigenvalue weighted by Crippen LogP contribution is 2.11. The van der Waals surface area contributed by atoms with Crippen LogP contribution < -0.4 is 11.1 Å². The van der Waals surface area contributed by atoms with Crippen molar-refractivity contribution in [2.75, 3.05) is 25.4 Å². The van der Waals surface area contributed by atoms with Crippen molar-refractivity contribution in [2.45, 2.75) is 25.4 Å². The fourth-order valence-corrected chi connectivity index (χ4v) is 2.02. The number of carbonyl (C=O) groups is 1. The monoisotopic (exact) mass is 249 g/mol. The van der Waals surface area contributed by atoms with E-state index in [4.69, 9.17) is 10.5 Å². The lowest BCUT2D eigenvalue weighted by atomic mass is 10.1. The molecule has 0 saturated carbocycles. The van der Waals surface area contributed by atoms with Gasteiger partial charge in [-0.2, -0.15) is 0 Å². The molecule has 2 rings (SSSR count).